The van der Waals surface area contributed by atoms with Gasteiger partial charge in [0.1, 0.15) is 0 Å². The molecule has 0 spiro atoms. The normalized spacial score (nSPS) is 18.8. The van der Waals surface area contributed by atoms with E-state index in [-0.39, 0.29) is 5.92 Å². The number of aromatic nitrogens is 2. The van der Waals surface area contributed by atoms with Crippen molar-refractivity contribution >= 4 is 10.0 Å². The van der Waals surface area contributed by atoms with Crippen LogP contribution in [-0.2, 0) is 16.6 Å². The van der Waals surface area contributed by atoms with Gasteiger partial charge in [-0.1, -0.05) is 19.8 Å². The van der Waals surface area contributed by atoms with Crippen molar-refractivity contribution in [1.82, 2.24) is 14.5 Å². The van der Waals surface area contributed by atoms with Crippen molar-refractivity contribution in [1.29, 1.82) is 0 Å². The zero-order valence-electron chi connectivity index (χ0n) is 11.5. The summed E-state index contributed by atoms with van der Waals surface area (Å²) in [4.78, 5) is 0. The molecule has 5 nitrogen and oxygen atoms in total. The van der Waals surface area contributed by atoms with Gasteiger partial charge in [-0.3, -0.25) is 4.68 Å². The van der Waals surface area contributed by atoms with Crippen LogP contribution in [0.15, 0.2) is 18.5 Å². The summed E-state index contributed by atoms with van der Waals surface area (Å²) in [6.45, 7) is 3.24. The zero-order valence-corrected chi connectivity index (χ0v) is 12.3. The van der Waals surface area contributed by atoms with E-state index in [0.29, 0.717) is 18.2 Å². The summed E-state index contributed by atoms with van der Waals surface area (Å²) in [7, 11) is -3.12. The molecule has 0 radical (unpaired) electrons. The highest BCUT2D eigenvalue weighted by molar-refractivity contribution is 7.89. The maximum absolute atomic E-state index is 12.0. The van der Waals surface area contributed by atoms with Gasteiger partial charge in [-0.2, -0.15) is 5.10 Å². The number of sulfonamides is 1. The number of hydrogen-bond acceptors (Lipinski definition) is 3. The van der Waals surface area contributed by atoms with E-state index in [1.54, 1.807) is 6.20 Å². The molecule has 1 aliphatic carbocycles. The van der Waals surface area contributed by atoms with Crippen molar-refractivity contribution in [2.45, 2.75) is 39.2 Å². The molecule has 1 heterocycles. The van der Waals surface area contributed by atoms with Gasteiger partial charge in [-0.05, 0) is 30.7 Å². The van der Waals surface area contributed by atoms with Crippen molar-refractivity contribution in [3.63, 3.8) is 0 Å². The number of rotatable bonds is 7. The standard InChI is InChI=1S/C13H23N3O2S/c1-12(10-16-8-4-7-14-16)9-15-19(17,18)11-13-5-2-3-6-13/h4,7-8,12-13,15H,2-3,5-6,9-11H2,1H3. The van der Waals surface area contributed by atoms with E-state index in [1.165, 1.54) is 12.8 Å². The van der Waals surface area contributed by atoms with Crippen LogP contribution >= 0.6 is 0 Å². The Kier molecular flexibility index (Phi) is 4.99. The Morgan fingerprint density at radius 3 is 2.79 bits per heavy atom. The highest BCUT2D eigenvalue weighted by atomic mass is 32.2. The van der Waals surface area contributed by atoms with Gasteiger partial charge in [-0.15, -0.1) is 0 Å². The van der Waals surface area contributed by atoms with E-state index < -0.39 is 10.0 Å². The molecule has 108 valence electrons. The van der Waals surface area contributed by atoms with Gasteiger partial charge in [0.2, 0.25) is 10.0 Å². The van der Waals surface area contributed by atoms with Crippen LogP contribution in [0, 0.1) is 11.8 Å². The largest absolute Gasteiger partial charge is 0.272 e. The van der Waals surface area contributed by atoms with E-state index in [0.717, 1.165) is 19.4 Å². The average Bonchev–Trinajstić information content (AvgIpc) is 2.99. The first-order valence-electron chi connectivity index (χ1n) is 7.00. The Hall–Kier alpha value is -0.880. The molecule has 0 aromatic carbocycles. The lowest BCUT2D eigenvalue weighted by Crippen LogP contribution is -2.33. The molecule has 0 saturated heterocycles. The predicted molar refractivity (Wildman–Crippen MR) is 75.1 cm³/mol. The van der Waals surface area contributed by atoms with Crippen LogP contribution in [-0.4, -0.2) is 30.5 Å². The van der Waals surface area contributed by atoms with E-state index >= 15 is 0 Å². The molecule has 19 heavy (non-hydrogen) atoms. The minimum Gasteiger partial charge on any atom is -0.272 e. The lowest BCUT2D eigenvalue weighted by Gasteiger charge is -2.15. The fraction of sp³-hybridized carbons (Fsp3) is 0.769. The van der Waals surface area contributed by atoms with E-state index in [9.17, 15) is 8.42 Å². The third-order valence-corrected chi connectivity index (χ3v) is 5.16. The molecule has 1 aromatic heterocycles. The van der Waals surface area contributed by atoms with Crippen molar-refractivity contribution in [2.75, 3.05) is 12.3 Å². The molecule has 1 atom stereocenters. The zero-order chi connectivity index (χ0) is 13.7. The van der Waals surface area contributed by atoms with Crippen LogP contribution in [0.3, 0.4) is 0 Å². The van der Waals surface area contributed by atoms with Crippen molar-refractivity contribution < 1.29 is 8.42 Å². The second-order valence-electron chi connectivity index (χ2n) is 5.61. The first-order valence-corrected chi connectivity index (χ1v) is 8.65. The molecular formula is C13H23N3O2S. The molecule has 0 bridgehead atoms. The summed E-state index contributed by atoms with van der Waals surface area (Å²) >= 11 is 0. The average molecular weight is 285 g/mol. The maximum atomic E-state index is 12.0. The molecule has 1 aliphatic rings. The monoisotopic (exact) mass is 285 g/mol. The molecule has 0 aliphatic heterocycles. The molecule has 1 unspecified atom stereocenters. The van der Waals surface area contributed by atoms with Gasteiger partial charge >= 0.3 is 0 Å². The quantitative estimate of drug-likeness (QED) is 0.828. The minimum atomic E-state index is -3.12. The highest BCUT2D eigenvalue weighted by Gasteiger charge is 2.22. The first-order chi connectivity index (χ1) is 9.05. The molecule has 0 amide bonds. The van der Waals surface area contributed by atoms with E-state index in [4.69, 9.17) is 0 Å². The fourth-order valence-electron chi connectivity index (χ4n) is 2.61. The van der Waals surface area contributed by atoms with Crippen LogP contribution in [0.4, 0.5) is 0 Å². The first kappa shape index (κ1) is 14.5. The Balaban J connectivity index is 1.73. The van der Waals surface area contributed by atoms with Crippen molar-refractivity contribution in [2.24, 2.45) is 11.8 Å². The summed E-state index contributed by atoms with van der Waals surface area (Å²) in [5, 5.41) is 4.12. The Morgan fingerprint density at radius 1 is 1.42 bits per heavy atom. The van der Waals surface area contributed by atoms with Crippen molar-refractivity contribution in [3.8, 4) is 0 Å². The Bertz CT molecular complexity index is 464. The number of nitrogens with zero attached hydrogens (tertiary/aromatic N) is 2. The van der Waals surface area contributed by atoms with Crippen LogP contribution in [0.25, 0.3) is 0 Å². The Morgan fingerprint density at radius 2 is 2.16 bits per heavy atom. The number of nitrogens with one attached hydrogen (secondary N) is 1. The smallest absolute Gasteiger partial charge is 0.211 e. The SMILES string of the molecule is CC(CNS(=O)(=O)CC1CCCC1)Cn1cccn1. The molecule has 2 rings (SSSR count). The van der Waals surface area contributed by atoms with E-state index in [1.807, 2.05) is 23.9 Å². The van der Waals surface area contributed by atoms with Gasteiger partial charge in [0.25, 0.3) is 0 Å². The topological polar surface area (TPSA) is 64.0 Å². The molecule has 1 fully saturated rings. The summed E-state index contributed by atoms with van der Waals surface area (Å²) in [5.74, 6) is 0.888. The van der Waals surface area contributed by atoms with Gasteiger partial charge in [0.15, 0.2) is 0 Å². The molecular weight excluding hydrogens is 262 g/mol. The van der Waals surface area contributed by atoms with Crippen molar-refractivity contribution in [3.05, 3.63) is 18.5 Å². The highest BCUT2D eigenvalue weighted by Crippen LogP contribution is 2.25. The summed E-state index contributed by atoms with van der Waals surface area (Å²) < 4.78 is 28.5. The fourth-order valence-corrected chi connectivity index (χ4v) is 4.22. The van der Waals surface area contributed by atoms with E-state index in [2.05, 4.69) is 9.82 Å². The summed E-state index contributed by atoms with van der Waals surface area (Å²) in [5.41, 5.74) is 0. The summed E-state index contributed by atoms with van der Waals surface area (Å²) in [6.07, 6.45) is 8.10. The van der Waals surface area contributed by atoms with Crippen LogP contribution in [0.1, 0.15) is 32.6 Å². The second-order valence-corrected chi connectivity index (χ2v) is 7.47. The van der Waals surface area contributed by atoms with Crippen LogP contribution in [0.5, 0.6) is 0 Å². The maximum Gasteiger partial charge on any atom is 0.211 e. The lowest BCUT2D eigenvalue weighted by molar-refractivity contribution is 0.442. The Labute approximate surface area is 115 Å². The van der Waals surface area contributed by atoms with Gasteiger partial charge in [-0.25, -0.2) is 13.1 Å². The molecule has 1 N–H and O–H groups in total. The summed E-state index contributed by atoms with van der Waals surface area (Å²) in [6, 6.07) is 1.87. The van der Waals surface area contributed by atoms with Gasteiger partial charge in [0, 0.05) is 25.5 Å². The molecule has 6 heteroatoms. The predicted octanol–water partition coefficient (Wildman–Crippen LogP) is 1.63. The van der Waals surface area contributed by atoms with Gasteiger partial charge < -0.3 is 0 Å². The van der Waals surface area contributed by atoms with Crippen LogP contribution in [0.2, 0.25) is 0 Å². The lowest BCUT2D eigenvalue weighted by atomic mass is 10.1. The van der Waals surface area contributed by atoms with Gasteiger partial charge in [0.05, 0.1) is 5.75 Å². The minimum absolute atomic E-state index is 0.234. The third kappa shape index (κ3) is 4.95. The third-order valence-electron chi connectivity index (χ3n) is 3.64. The van der Waals surface area contributed by atoms with Crippen LogP contribution < -0.4 is 4.72 Å². The molecule has 1 saturated carbocycles. The number of hydrogen-bond donors (Lipinski definition) is 1. The second kappa shape index (κ2) is 6.52. The molecule has 1 aromatic rings.